The number of amides is 2. The minimum Gasteiger partial charge on any atom is -0.378 e. The van der Waals surface area contributed by atoms with Gasteiger partial charge in [-0.25, -0.2) is 24.3 Å². The van der Waals surface area contributed by atoms with Crippen LogP contribution in [0.4, 0.5) is 22.1 Å². The lowest BCUT2D eigenvalue weighted by atomic mass is 10.1. The predicted molar refractivity (Wildman–Crippen MR) is 137 cm³/mol. The summed E-state index contributed by atoms with van der Waals surface area (Å²) in [7, 11) is 1.84. The van der Waals surface area contributed by atoms with Crippen LogP contribution in [0, 0.1) is 0 Å². The molecule has 3 fully saturated rings. The topological polar surface area (TPSA) is 104 Å². The first kappa shape index (κ1) is 21.3. The van der Waals surface area contributed by atoms with Gasteiger partial charge in [-0.15, -0.1) is 5.10 Å². The first-order valence-corrected chi connectivity index (χ1v) is 12.4. The number of nitrogens with zero attached hydrogens (tertiary/aromatic N) is 8. The van der Waals surface area contributed by atoms with E-state index in [2.05, 4.69) is 26.3 Å². The Morgan fingerprint density at radius 2 is 1.89 bits per heavy atom. The molecule has 0 aromatic carbocycles. The minimum absolute atomic E-state index is 0.0373. The second kappa shape index (κ2) is 8.30. The summed E-state index contributed by atoms with van der Waals surface area (Å²) >= 11 is 0. The molecule has 0 radical (unpaired) electrons. The van der Waals surface area contributed by atoms with Gasteiger partial charge in [0.15, 0.2) is 11.5 Å². The van der Waals surface area contributed by atoms with E-state index in [4.69, 9.17) is 14.8 Å². The zero-order chi connectivity index (χ0) is 24.2. The molecule has 1 N–H and O–H groups in total. The molecule has 2 aliphatic heterocycles. The van der Waals surface area contributed by atoms with Crippen LogP contribution in [-0.2, 0) is 4.74 Å². The number of nitrogens with one attached hydrogen (secondary N) is 1. The first-order valence-electron chi connectivity index (χ1n) is 12.4. The summed E-state index contributed by atoms with van der Waals surface area (Å²) in [5.74, 6) is 1.95. The van der Waals surface area contributed by atoms with Crippen LogP contribution in [0.25, 0.3) is 27.8 Å². The lowest BCUT2D eigenvalue weighted by molar-refractivity contribution is 0.122. The van der Waals surface area contributed by atoms with E-state index in [-0.39, 0.29) is 6.03 Å². The van der Waals surface area contributed by atoms with Crippen molar-refractivity contribution >= 4 is 39.8 Å². The first-order chi connectivity index (χ1) is 17.7. The van der Waals surface area contributed by atoms with E-state index in [9.17, 15) is 4.79 Å². The van der Waals surface area contributed by atoms with Gasteiger partial charge in [0.2, 0.25) is 0 Å². The summed E-state index contributed by atoms with van der Waals surface area (Å²) in [6.45, 7) is 4.55. The maximum absolute atomic E-state index is 13.0. The molecule has 0 unspecified atom stereocenters. The number of carbonyl (C=O) groups is 1. The van der Waals surface area contributed by atoms with Crippen molar-refractivity contribution in [2.45, 2.75) is 18.9 Å². The van der Waals surface area contributed by atoms with E-state index in [1.54, 1.807) is 17.3 Å². The summed E-state index contributed by atoms with van der Waals surface area (Å²) in [4.78, 5) is 33.1. The molecule has 2 saturated heterocycles. The third kappa shape index (κ3) is 3.49. The van der Waals surface area contributed by atoms with E-state index < -0.39 is 0 Å². The standard InChI is InChI=1S/C25H27N9O2/c1-26-23-19-13-27-22(33-7-6-32(25(33)35)16-2-3-16)12-18(19)20(14-28-23)24-29-21-5-4-17(15-34(21)30-24)31-8-10-36-11-9-31/h4-5,12-16H,2-3,6-11H2,1H3,(H,26,28). The van der Waals surface area contributed by atoms with E-state index in [1.807, 2.05) is 34.8 Å². The zero-order valence-electron chi connectivity index (χ0n) is 20.1. The zero-order valence-corrected chi connectivity index (χ0v) is 20.1. The summed E-state index contributed by atoms with van der Waals surface area (Å²) in [5, 5.41) is 9.72. The Labute approximate surface area is 207 Å². The molecule has 0 bridgehead atoms. The number of rotatable bonds is 5. The van der Waals surface area contributed by atoms with Crippen molar-refractivity contribution in [2.75, 3.05) is 61.6 Å². The number of hydrogen-bond donors (Lipinski definition) is 1. The largest absolute Gasteiger partial charge is 0.378 e. The normalized spacial score (nSPS) is 18.6. The molecule has 0 atom stereocenters. The van der Waals surface area contributed by atoms with Crippen LogP contribution in [0.2, 0.25) is 0 Å². The summed E-state index contributed by atoms with van der Waals surface area (Å²) in [6, 6.07) is 6.46. The monoisotopic (exact) mass is 485 g/mol. The molecule has 6 heterocycles. The molecule has 0 spiro atoms. The molecule has 4 aromatic rings. The molecular weight excluding hydrogens is 458 g/mol. The van der Waals surface area contributed by atoms with Crippen LogP contribution < -0.4 is 15.1 Å². The third-order valence-corrected chi connectivity index (χ3v) is 7.23. The van der Waals surface area contributed by atoms with Crippen LogP contribution in [0.3, 0.4) is 0 Å². The van der Waals surface area contributed by atoms with Crippen molar-refractivity contribution in [2.24, 2.45) is 0 Å². The number of morpholine rings is 1. The Kier molecular flexibility index (Phi) is 4.91. The van der Waals surface area contributed by atoms with Crippen molar-refractivity contribution in [3.8, 4) is 11.4 Å². The van der Waals surface area contributed by atoms with Crippen LogP contribution in [0.1, 0.15) is 12.8 Å². The number of carbonyl (C=O) groups excluding carboxylic acids is 1. The highest BCUT2D eigenvalue weighted by Gasteiger charge is 2.40. The lowest BCUT2D eigenvalue weighted by Crippen LogP contribution is -2.36. The SMILES string of the molecule is CNc1ncc(-c2nc3ccc(N4CCOCC4)cn3n2)c2cc(N3CCN(C4CC4)C3=O)ncc12. The van der Waals surface area contributed by atoms with Crippen molar-refractivity contribution in [1.82, 2.24) is 29.5 Å². The Balaban J connectivity index is 1.30. The molecule has 11 heteroatoms. The predicted octanol–water partition coefficient (Wildman–Crippen LogP) is 2.62. The van der Waals surface area contributed by atoms with Crippen molar-refractivity contribution in [1.29, 1.82) is 0 Å². The number of ether oxygens (including phenoxy) is 1. The third-order valence-electron chi connectivity index (χ3n) is 7.23. The lowest BCUT2D eigenvalue weighted by Gasteiger charge is -2.28. The quantitative estimate of drug-likeness (QED) is 0.460. The van der Waals surface area contributed by atoms with Crippen LogP contribution in [0.5, 0.6) is 0 Å². The summed E-state index contributed by atoms with van der Waals surface area (Å²) < 4.78 is 7.30. The molecule has 184 valence electrons. The molecule has 3 aliphatic rings. The van der Waals surface area contributed by atoms with Gasteiger partial charge in [0, 0.05) is 68.0 Å². The fraction of sp³-hybridized carbons (Fsp3) is 0.400. The number of hydrogen-bond acceptors (Lipinski definition) is 8. The second-order valence-corrected chi connectivity index (χ2v) is 9.44. The van der Waals surface area contributed by atoms with E-state index in [1.165, 1.54) is 0 Å². The Morgan fingerprint density at radius 1 is 1.03 bits per heavy atom. The Morgan fingerprint density at radius 3 is 2.69 bits per heavy atom. The molecule has 11 nitrogen and oxygen atoms in total. The number of pyridine rings is 3. The van der Waals surface area contributed by atoms with Crippen molar-refractivity contribution in [3.05, 3.63) is 36.8 Å². The highest BCUT2D eigenvalue weighted by atomic mass is 16.5. The molecule has 36 heavy (non-hydrogen) atoms. The van der Waals surface area contributed by atoms with Gasteiger partial charge < -0.3 is 19.9 Å². The van der Waals surface area contributed by atoms with Gasteiger partial charge in [-0.05, 0) is 31.0 Å². The maximum atomic E-state index is 13.0. The molecule has 1 saturated carbocycles. The molecular formula is C25H27N9O2. The summed E-state index contributed by atoms with van der Waals surface area (Å²) in [5.41, 5.74) is 2.65. The minimum atomic E-state index is 0.0373. The molecule has 1 aliphatic carbocycles. The Bertz CT molecular complexity index is 1480. The summed E-state index contributed by atoms with van der Waals surface area (Å²) in [6.07, 6.45) is 7.78. The fourth-order valence-electron chi connectivity index (χ4n) is 5.14. The number of aromatic nitrogens is 5. The van der Waals surface area contributed by atoms with Gasteiger partial charge in [0.25, 0.3) is 0 Å². The fourth-order valence-corrected chi connectivity index (χ4v) is 5.14. The maximum Gasteiger partial charge on any atom is 0.326 e. The highest BCUT2D eigenvalue weighted by molar-refractivity contribution is 6.03. The average molecular weight is 486 g/mol. The van der Waals surface area contributed by atoms with Gasteiger partial charge in [-0.3, -0.25) is 4.90 Å². The molecule has 4 aromatic heterocycles. The highest BCUT2D eigenvalue weighted by Crippen LogP contribution is 2.35. The van der Waals surface area contributed by atoms with E-state index >= 15 is 0 Å². The van der Waals surface area contributed by atoms with Crippen molar-refractivity contribution < 1.29 is 9.53 Å². The number of anilines is 3. The Hall–Kier alpha value is -3.99. The smallest absolute Gasteiger partial charge is 0.326 e. The van der Waals surface area contributed by atoms with Crippen LogP contribution in [0.15, 0.2) is 36.8 Å². The van der Waals surface area contributed by atoms with Gasteiger partial charge in [0.05, 0.1) is 25.1 Å². The van der Waals surface area contributed by atoms with Gasteiger partial charge in [0.1, 0.15) is 11.6 Å². The van der Waals surface area contributed by atoms with Crippen LogP contribution >= 0.6 is 0 Å². The van der Waals surface area contributed by atoms with Crippen molar-refractivity contribution in [3.63, 3.8) is 0 Å². The van der Waals surface area contributed by atoms with Gasteiger partial charge in [-0.2, -0.15) is 0 Å². The average Bonchev–Trinajstić information content (AvgIpc) is 3.56. The van der Waals surface area contributed by atoms with E-state index in [0.29, 0.717) is 24.2 Å². The number of fused-ring (bicyclic) bond motifs is 2. The van der Waals surface area contributed by atoms with Gasteiger partial charge >= 0.3 is 6.03 Å². The molecule has 2 amide bonds. The number of urea groups is 1. The van der Waals surface area contributed by atoms with E-state index in [0.717, 1.165) is 79.2 Å². The van der Waals surface area contributed by atoms with Gasteiger partial charge in [-0.1, -0.05) is 0 Å². The molecule has 7 rings (SSSR count). The van der Waals surface area contributed by atoms with Crippen LogP contribution in [-0.4, -0.2) is 88.0 Å². The second-order valence-electron chi connectivity index (χ2n) is 9.44.